The zero-order valence-corrected chi connectivity index (χ0v) is 16.4. The number of fused-ring (bicyclic) bond motifs is 8. The van der Waals surface area contributed by atoms with Crippen LogP contribution in [0.25, 0.3) is 64.6 Å². The minimum atomic E-state index is 1.29. The first-order valence-corrected chi connectivity index (χ1v) is 10.4. The second-order valence-electron chi connectivity index (χ2n) is 8.27. The van der Waals surface area contributed by atoms with Crippen LogP contribution in [0.5, 0.6) is 0 Å². The predicted molar refractivity (Wildman–Crippen MR) is 131 cm³/mol. The molecule has 0 nitrogen and oxygen atoms in total. The van der Waals surface area contributed by atoms with E-state index >= 15 is 0 Å². The Kier molecular flexibility index (Phi) is 3.09. The van der Waals surface area contributed by atoms with E-state index < -0.39 is 0 Å². The Morgan fingerprint density at radius 2 is 0.600 bits per heavy atom. The molecule has 7 rings (SSSR count). The zero-order chi connectivity index (χ0) is 19.7. The van der Waals surface area contributed by atoms with Crippen LogP contribution in [-0.4, -0.2) is 0 Å². The van der Waals surface area contributed by atoms with E-state index in [1.54, 1.807) is 0 Å². The molecule has 7 aromatic carbocycles. The Morgan fingerprint density at radius 1 is 0.233 bits per heavy atom. The molecule has 30 heavy (non-hydrogen) atoms. The van der Waals surface area contributed by atoms with Crippen LogP contribution in [0.15, 0.2) is 109 Å². The van der Waals surface area contributed by atoms with Gasteiger partial charge in [0.05, 0.1) is 0 Å². The predicted octanol–water partition coefficient (Wildman–Crippen LogP) is 8.61. The third kappa shape index (κ3) is 2.22. The van der Waals surface area contributed by atoms with Gasteiger partial charge in [0.25, 0.3) is 0 Å². The fourth-order valence-corrected chi connectivity index (χ4v) is 5.01. The Hall–Kier alpha value is -3.90. The average Bonchev–Trinajstić information content (AvgIpc) is 2.79. The Balaban J connectivity index is 1.61. The van der Waals surface area contributed by atoms with Gasteiger partial charge < -0.3 is 0 Å². The van der Waals surface area contributed by atoms with Crippen molar-refractivity contribution in [2.45, 2.75) is 0 Å². The molecule has 0 amide bonds. The summed E-state index contributed by atoms with van der Waals surface area (Å²) < 4.78 is 0. The van der Waals surface area contributed by atoms with Gasteiger partial charge in [-0.3, -0.25) is 0 Å². The summed E-state index contributed by atoms with van der Waals surface area (Å²) in [6, 6.07) is 40.3. The Morgan fingerprint density at radius 3 is 1.13 bits per heavy atom. The van der Waals surface area contributed by atoms with Gasteiger partial charge in [-0.15, -0.1) is 0 Å². The van der Waals surface area contributed by atoms with E-state index in [0.29, 0.717) is 0 Å². The Bertz CT molecular complexity index is 1770. The molecule has 138 valence electrons. The quantitative estimate of drug-likeness (QED) is 0.183. The lowest BCUT2D eigenvalue weighted by atomic mass is 9.93. The lowest BCUT2D eigenvalue weighted by molar-refractivity contribution is 1.78. The van der Waals surface area contributed by atoms with Crippen molar-refractivity contribution < 1.29 is 0 Å². The molecule has 0 aliphatic carbocycles. The molecule has 0 aromatic heterocycles. The third-order valence-electron chi connectivity index (χ3n) is 6.52. The fraction of sp³-hybridized carbons (Fsp3) is 0. The molecular weight excluding hydrogens is 360 g/mol. The molecule has 0 radical (unpaired) electrons. The lowest BCUT2D eigenvalue weighted by Crippen LogP contribution is -1.83. The second-order valence-corrected chi connectivity index (χ2v) is 8.27. The number of benzene rings is 7. The largest absolute Gasteiger partial charge is 0.0616 e. The molecule has 0 bridgehead atoms. The highest BCUT2D eigenvalue weighted by molar-refractivity contribution is 6.21. The van der Waals surface area contributed by atoms with E-state index in [1.165, 1.54) is 64.6 Å². The van der Waals surface area contributed by atoms with Gasteiger partial charge in [0.15, 0.2) is 0 Å². The number of rotatable bonds is 0. The highest BCUT2D eigenvalue weighted by Crippen LogP contribution is 2.36. The van der Waals surface area contributed by atoms with E-state index in [1.807, 2.05) is 0 Å². The summed E-state index contributed by atoms with van der Waals surface area (Å²) in [6.45, 7) is 0. The van der Waals surface area contributed by atoms with Gasteiger partial charge in [-0.05, 0) is 101 Å². The monoisotopic (exact) mass is 378 g/mol. The summed E-state index contributed by atoms with van der Waals surface area (Å²) in [6.07, 6.45) is 0. The van der Waals surface area contributed by atoms with E-state index in [2.05, 4.69) is 109 Å². The molecule has 0 heteroatoms. The van der Waals surface area contributed by atoms with Gasteiger partial charge in [0.1, 0.15) is 0 Å². The summed E-state index contributed by atoms with van der Waals surface area (Å²) in [7, 11) is 0. The van der Waals surface area contributed by atoms with Crippen molar-refractivity contribution >= 4 is 64.6 Å². The third-order valence-corrected chi connectivity index (χ3v) is 6.52. The Labute approximate surface area is 174 Å². The minimum Gasteiger partial charge on any atom is -0.0616 e. The van der Waals surface area contributed by atoms with Crippen molar-refractivity contribution in [1.29, 1.82) is 0 Å². The van der Waals surface area contributed by atoms with Gasteiger partial charge in [0.2, 0.25) is 0 Å². The van der Waals surface area contributed by atoms with Crippen LogP contribution in [0.2, 0.25) is 0 Å². The first-order chi connectivity index (χ1) is 14.8. The highest BCUT2D eigenvalue weighted by atomic mass is 14.1. The van der Waals surface area contributed by atoms with Crippen molar-refractivity contribution in [2.24, 2.45) is 0 Å². The smallest absolute Gasteiger partial charge is 0.00987 e. The molecule has 0 aliphatic rings. The van der Waals surface area contributed by atoms with E-state index in [4.69, 9.17) is 0 Å². The summed E-state index contributed by atoms with van der Waals surface area (Å²) in [5.41, 5.74) is 0. The molecular formula is C30H18. The normalized spacial score (nSPS) is 12.0. The van der Waals surface area contributed by atoms with Crippen molar-refractivity contribution in [1.82, 2.24) is 0 Å². The second kappa shape index (κ2) is 5.81. The van der Waals surface area contributed by atoms with Crippen LogP contribution in [0.4, 0.5) is 0 Å². The molecule has 0 spiro atoms. The maximum atomic E-state index is 2.37. The summed E-state index contributed by atoms with van der Waals surface area (Å²) in [4.78, 5) is 0. The first kappa shape index (κ1) is 16.0. The SMILES string of the molecule is c1ccc2cc3cc4c(ccc5c6cc7ccccc7cc6ccc45)cc3cc2c1. The van der Waals surface area contributed by atoms with Gasteiger partial charge in [0, 0.05) is 0 Å². The number of hydrogen-bond acceptors (Lipinski definition) is 0. The molecule has 0 heterocycles. The van der Waals surface area contributed by atoms with E-state index in [9.17, 15) is 0 Å². The van der Waals surface area contributed by atoms with Gasteiger partial charge in [-0.25, -0.2) is 0 Å². The highest BCUT2D eigenvalue weighted by Gasteiger charge is 2.08. The fourth-order valence-electron chi connectivity index (χ4n) is 5.01. The van der Waals surface area contributed by atoms with E-state index in [0.717, 1.165) is 0 Å². The van der Waals surface area contributed by atoms with Crippen LogP contribution < -0.4 is 0 Å². The zero-order valence-electron chi connectivity index (χ0n) is 16.4. The van der Waals surface area contributed by atoms with E-state index in [-0.39, 0.29) is 0 Å². The van der Waals surface area contributed by atoms with Crippen LogP contribution in [0.3, 0.4) is 0 Å². The molecule has 0 saturated heterocycles. The van der Waals surface area contributed by atoms with Crippen molar-refractivity contribution in [3.05, 3.63) is 109 Å². The van der Waals surface area contributed by atoms with Gasteiger partial charge >= 0.3 is 0 Å². The first-order valence-electron chi connectivity index (χ1n) is 10.4. The van der Waals surface area contributed by atoms with Crippen molar-refractivity contribution in [3.63, 3.8) is 0 Å². The maximum absolute atomic E-state index is 2.37. The lowest BCUT2D eigenvalue weighted by Gasteiger charge is -2.11. The van der Waals surface area contributed by atoms with Crippen LogP contribution >= 0.6 is 0 Å². The van der Waals surface area contributed by atoms with Crippen molar-refractivity contribution in [3.8, 4) is 0 Å². The van der Waals surface area contributed by atoms with Crippen LogP contribution in [-0.2, 0) is 0 Å². The van der Waals surface area contributed by atoms with Gasteiger partial charge in [-0.1, -0.05) is 72.8 Å². The topological polar surface area (TPSA) is 0 Å². The molecule has 0 atom stereocenters. The van der Waals surface area contributed by atoms with Crippen molar-refractivity contribution in [2.75, 3.05) is 0 Å². The summed E-state index contributed by atoms with van der Waals surface area (Å²) in [5, 5.41) is 15.7. The summed E-state index contributed by atoms with van der Waals surface area (Å²) in [5.74, 6) is 0. The molecule has 0 N–H and O–H groups in total. The summed E-state index contributed by atoms with van der Waals surface area (Å²) >= 11 is 0. The number of hydrogen-bond donors (Lipinski definition) is 0. The molecule has 0 aliphatic heterocycles. The standard InChI is InChI=1S/C30H18/c1-2-7-21-15-26-18-30-24(16-25(26)14-20(21)6-1)10-12-27-28(30)11-9-23-13-19-5-3-4-8-22(19)17-29(23)27/h1-18H. The molecule has 0 fully saturated rings. The van der Waals surface area contributed by atoms with Gasteiger partial charge in [-0.2, -0.15) is 0 Å². The van der Waals surface area contributed by atoms with Crippen LogP contribution in [0, 0.1) is 0 Å². The minimum absolute atomic E-state index is 1.29. The molecule has 7 aromatic rings. The average molecular weight is 378 g/mol. The molecule has 0 saturated carbocycles. The van der Waals surface area contributed by atoms with Crippen LogP contribution in [0.1, 0.15) is 0 Å². The maximum Gasteiger partial charge on any atom is -0.00987 e. The molecule has 0 unspecified atom stereocenters.